The van der Waals surface area contributed by atoms with Crippen molar-refractivity contribution in [2.24, 2.45) is 4.99 Å². The van der Waals surface area contributed by atoms with E-state index in [9.17, 15) is 22.4 Å². The number of carbonyl (C=O) groups is 2. The van der Waals surface area contributed by atoms with Gasteiger partial charge >= 0.3 is 5.97 Å². The number of amidine groups is 1. The van der Waals surface area contributed by atoms with Crippen LogP contribution in [-0.4, -0.2) is 38.3 Å². The third-order valence-electron chi connectivity index (χ3n) is 4.36. The summed E-state index contributed by atoms with van der Waals surface area (Å²) in [5.41, 5.74) is 0.722. The van der Waals surface area contributed by atoms with E-state index in [0.29, 0.717) is 11.3 Å². The van der Waals surface area contributed by atoms with Gasteiger partial charge < -0.3 is 10.1 Å². The molecule has 0 unspecified atom stereocenters. The fourth-order valence-corrected chi connectivity index (χ4v) is 4.03. The summed E-state index contributed by atoms with van der Waals surface area (Å²) in [5.74, 6) is -1.75. The molecule has 1 aliphatic heterocycles. The number of nitrogens with one attached hydrogen (secondary N) is 2. The van der Waals surface area contributed by atoms with Gasteiger partial charge in [0.2, 0.25) is 0 Å². The Balaban J connectivity index is 1.69. The topological polar surface area (TPSA) is 114 Å². The zero-order valence-corrected chi connectivity index (χ0v) is 17.1. The molecule has 0 fully saturated rings. The van der Waals surface area contributed by atoms with E-state index in [0.717, 1.165) is 0 Å². The van der Waals surface area contributed by atoms with Crippen LogP contribution in [0.3, 0.4) is 0 Å². The highest BCUT2D eigenvalue weighted by Gasteiger charge is 2.32. The van der Waals surface area contributed by atoms with Crippen molar-refractivity contribution in [2.45, 2.75) is 37.3 Å². The first-order valence-corrected chi connectivity index (χ1v) is 10.7. The second kappa shape index (κ2) is 8.62. The number of sulfonamides is 1. The Morgan fingerprint density at radius 2 is 1.83 bits per heavy atom. The van der Waals surface area contributed by atoms with Gasteiger partial charge in [-0.05, 0) is 49.7 Å². The largest absolute Gasteiger partial charge is 0.451 e. The summed E-state index contributed by atoms with van der Waals surface area (Å²) in [4.78, 5) is 29.0. The van der Waals surface area contributed by atoms with Gasteiger partial charge in [-0.25, -0.2) is 17.6 Å². The number of benzene rings is 2. The lowest BCUT2D eigenvalue weighted by Gasteiger charge is -2.17. The third kappa shape index (κ3) is 4.65. The summed E-state index contributed by atoms with van der Waals surface area (Å²) >= 11 is 0. The summed E-state index contributed by atoms with van der Waals surface area (Å²) in [6.45, 7) is 3.11. The number of anilines is 1. The van der Waals surface area contributed by atoms with E-state index in [1.54, 1.807) is 25.1 Å². The van der Waals surface area contributed by atoms with Crippen molar-refractivity contribution in [1.29, 1.82) is 0 Å². The predicted molar refractivity (Wildman–Crippen MR) is 108 cm³/mol. The molecule has 0 radical (unpaired) electrons. The van der Waals surface area contributed by atoms with Crippen LogP contribution in [-0.2, 0) is 24.3 Å². The van der Waals surface area contributed by atoms with E-state index in [1.165, 1.54) is 37.3 Å². The van der Waals surface area contributed by atoms with Crippen molar-refractivity contribution in [2.75, 3.05) is 5.32 Å². The number of amides is 1. The first kappa shape index (κ1) is 21.4. The van der Waals surface area contributed by atoms with Gasteiger partial charge in [0, 0.05) is 11.3 Å². The van der Waals surface area contributed by atoms with Crippen molar-refractivity contribution in [3.8, 4) is 0 Å². The first-order valence-electron chi connectivity index (χ1n) is 9.18. The van der Waals surface area contributed by atoms with Crippen LogP contribution in [0.4, 0.5) is 10.1 Å². The number of esters is 1. The molecule has 1 aliphatic rings. The number of nitrogens with zero attached hydrogens (tertiary/aromatic N) is 1. The zero-order chi connectivity index (χ0) is 21.9. The molecule has 30 heavy (non-hydrogen) atoms. The van der Waals surface area contributed by atoms with Crippen LogP contribution < -0.4 is 10.0 Å². The molecule has 0 saturated heterocycles. The van der Waals surface area contributed by atoms with Crippen molar-refractivity contribution in [3.05, 3.63) is 59.9 Å². The van der Waals surface area contributed by atoms with Crippen molar-refractivity contribution in [3.63, 3.8) is 0 Å². The van der Waals surface area contributed by atoms with Gasteiger partial charge in [0.15, 0.2) is 6.10 Å². The zero-order valence-electron chi connectivity index (χ0n) is 16.3. The standard InChI is InChI=1S/C20H20FN3O5S/c1-3-16(19(25)23-14-10-8-13(21)9-11-14)29-20(26)12(2)22-18-15-6-4-5-7-17(15)30(27,28)24-18/h4-12,16H,3H2,1-2H3,(H,22,24)(H,23,25)/t12-,16+/m1/s1. The lowest BCUT2D eigenvalue weighted by molar-refractivity contribution is -0.155. The van der Waals surface area contributed by atoms with Gasteiger partial charge in [0.25, 0.3) is 15.9 Å². The lowest BCUT2D eigenvalue weighted by atomic mass is 10.2. The Morgan fingerprint density at radius 3 is 2.50 bits per heavy atom. The lowest BCUT2D eigenvalue weighted by Crippen LogP contribution is -2.35. The van der Waals surface area contributed by atoms with E-state index < -0.39 is 39.9 Å². The molecule has 1 heterocycles. The summed E-state index contributed by atoms with van der Waals surface area (Å²) in [6.07, 6.45) is -0.880. The second-order valence-corrected chi connectivity index (χ2v) is 8.24. The molecule has 0 saturated carbocycles. The highest BCUT2D eigenvalue weighted by Crippen LogP contribution is 2.22. The fraction of sp³-hybridized carbons (Fsp3) is 0.250. The molecule has 3 rings (SSSR count). The minimum absolute atomic E-state index is 0.0406. The van der Waals surface area contributed by atoms with Crippen LogP contribution in [0.2, 0.25) is 0 Å². The van der Waals surface area contributed by atoms with Crippen molar-refractivity contribution >= 4 is 33.4 Å². The van der Waals surface area contributed by atoms with Gasteiger partial charge in [-0.15, -0.1) is 0 Å². The van der Waals surface area contributed by atoms with E-state index >= 15 is 0 Å². The Bertz CT molecular complexity index is 1100. The maximum Gasteiger partial charge on any atom is 0.331 e. The van der Waals surface area contributed by atoms with Gasteiger partial charge in [-0.3, -0.25) is 14.5 Å². The monoisotopic (exact) mass is 433 g/mol. The SMILES string of the molecule is CC[C@H](OC(=O)[C@@H](C)N=C1NS(=O)(=O)c2ccccc21)C(=O)Nc1ccc(F)cc1. The number of ether oxygens (including phenoxy) is 1. The highest BCUT2D eigenvalue weighted by molar-refractivity contribution is 7.90. The number of rotatable bonds is 6. The molecule has 0 bridgehead atoms. The molecule has 1 amide bonds. The Hall–Kier alpha value is -3.27. The van der Waals surface area contributed by atoms with Crippen molar-refractivity contribution in [1.82, 2.24) is 4.72 Å². The fourth-order valence-electron chi connectivity index (χ4n) is 2.79. The molecule has 8 nitrogen and oxygen atoms in total. The highest BCUT2D eigenvalue weighted by atomic mass is 32.2. The van der Waals surface area contributed by atoms with Crippen LogP contribution in [0.1, 0.15) is 25.8 Å². The molecule has 0 spiro atoms. The molecular formula is C20H20FN3O5S. The molecule has 2 aromatic carbocycles. The van der Waals surface area contributed by atoms with Crippen LogP contribution in [0.15, 0.2) is 58.4 Å². The summed E-state index contributed by atoms with van der Waals surface area (Å²) in [6, 6.07) is 10.4. The Morgan fingerprint density at radius 1 is 1.17 bits per heavy atom. The minimum atomic E-state index is -3.73. The van der Waals surface area contributed by atoms with Crippen molar-refractivity contribution < 1.29 is 27.1 Å². The molecule has 2 N–H and O–H groups in total. The smallest absolute Gasteiger partial charge is 0.331 e. The molecule has 2 aromatic rings. The molecule has 2 atom stereocenters. The minimum Gasteiger partial charge on any atom is -0.451 e. The number of hydrogen-bond donors (Lipinski definition) is 2. The first-order chi connectivity index (χ1) is 14.2. The van der Waals surface area contributed by atoms with Crippen LogP contribution in [0.5, 0.6) is 0 Å². The van der Waals surface area contributed by atoms with Crippen LogP contribution in [0, 0.1) is 5.82 Å². The number of fused-ring (bicyclic) bond motifs is 1. The van der Waals surface area contributed by atoms with Crippen LogP contribution in [0.25, 0.3) is 0 Å². The molecule has 0 aliphatic carbocycles. The quantitative estimate of drug-likeness (QED) is 0.678. The van der Waals surface area contributed by atoms with Gasteiger partial charge in [0.05, 0.1) is 4.90 Å². The van der Waals surface area contributed by atoms with E-state index in [-0.39, 0.29) is 17.2 Å². The normalized spacial score (nSPS) is 17.5. The van der Waals surface area contributed by atoms with Gasteiger partial charge in [-0.2, -0.15) is 0 Å². The molecular weight excluding hydrogens is 413 g/mol. The van der Waals surface area contributed by atoms with Gasteiger partial charge in [-0.1, -0.05) is 19.1 Å². The maximum atomic E-state index is 13.0. The predicted octanol–water partition coefficient (Wildman–Crippen LogP) is 2.21. The Kier molecular flexibility index (Phi) is 6.16. The number of hydrogen-bond acceptors (Lipinski definition) is 6. The summed E-state index contributed by atoms with van der Waals surface area (Å²) in [5, 5.41) is 2.55. The number of halogens is 1. The average Bonchev–Trinajstić information content (AvgIpc) is 2.97. The van der Waals surface area contributed by atoms with Crippen LogP contribution >= 0.6 is 0 Å². The van der Waals surface area contributed by atoms with E-state index in [1.807, 2.05) is 0 Å². The van der Waals surface area contributed by atoms with Gasteiger partial charge in [0.1, 0.15) is 17.7 Å². The number of carbonyl (C=O) groups excluding carboxylic acids is 2. The second-order valence-electron chi connectivity index (χ2n) is 6.59. The third-order valence-corrected chi connectivity index (χ3v) is 5.76. The Labute approximate surface area is 173 Å². The summed E-state index contributed by atoms with van der Waals surface area (Å²) in [7, 11) is -3.73. The molecule has 10 heteroatoms. The molecule has 0 aromatic heterocycles. The molecule has 158 valence electrons. The maximum absolute atomic E-state index is 13.0. The number of aliphatic imine (C=N–C) groups is 1. The average molecular weight is 433 g/mol. The van der Waals surface area contributed by atoms with E-state index in [2.05, 4.69) is 15.0 Å². The summed E-state index contributed by atoms with van der Waals surface area (Å²) < 4.78 is 44.8. The van der Waals surface area contributed by atoms with E-state index in [4.69, 9.17) is 4.74 Å².